The fourth-order valence-corrected chi connectivity index (χ4v) is 3.34. The molecule has 1 atom stereocenters. The molecule has 3 rings (SSSR count). The monoisotopic (exact) mass is 351 g/mol. The average Bonchev–Trinajstić information content (AvgIpc) is 3.18. The van der Waals surface area contributed by atoms with Gasteiger partial charge in [-0.1, -0.05) is 42.4 Å². The summed E-state index contributed by atoms with van der Waals surface area (Å²) in [4.78, 5) is 12.8. The van der Waals surface area contributed by atoms with Crippen molar-refractivity contribution in [2.24, 2.45) is 0 Å². The Morgan fingerprint density at radius 1 is 1.19 bits per heavy atom. The van der Waals surface area contributed by atoms with Gasteiger partial charge in [0.1, 0.15) is 5.76 Å². The van der Waals surface area contributed by atoms with E-state index in [1.807, 2.05) is 55.7 Å². The van der Waals surface area contributed by atoms with Crippen molar-refractivity contribution in [3.05, 3.63) is 70.7 Å². The van der Waals surface area contributed by atoms with Crippen LogP contribution in [-0.2, 0) is 0 Å². The van der Waals surface area contributed by atoms with Crippen LogP contribution in [0, 0.1) is 20.8 Å². The maximum atomic E-state index is 12.8. The Morgan fingerprint density at radius 2 is 1.92 bits per heavy atom. The van der Waals surface area contributed by atoms with Gasteiger partial charge in [0.25, 0.3) is 5.91 Å². The Morgan fingerprint density at radius 3 is 2.54 bits per heavy atom. The summed E-state index contributed by atoms with van der Waals surface area (Å²) < 4.78 is 7.11. The van der Waals surface area contributed by atoms with Gasteiger partial charge in [0.15, 0.2) is 5.82 Å². The van der Waals surface area contributed by atoms with Crippen molar-refractivity contribution in [2.45, 2.75) is 40.0 Å². The van der Waals surface area contributed by atoms with Crippen LogP contribution in [0.2, 0.25) is 0 Å². The number of carbonyl (C=O) groups excluding carboxylic acids is 1. The summed E-state index contributed by atoms with van der Waals surface area (Å²) >= 11 is 0. The SMILES string of the molecule is CCC(CNC(=O)c1cc(C)n(-c2cc(C)on2)c1C)c1ccccc1. The van der Waals surface area contributed by atoms with Gasteiger partial charge < -0.3 is 9.84 Å². The Labute approximate surface area is 154 Å². The van der Waals surface area contributed by atoms with Crippen molar-refractivity contribution < 1.29 is 9.32 Å². The smallest absolute Gasteiger partial charge is 0.253 e. The Balaban J connectivity index is 1.76. The predicted octanol–water partition coefficient (Wildman–Crippen LogP) is 4.31. The van der Waals surface area contributed by atoms with Gasteiger partial charge in [0, 0.05) is 29.9 Å². The molecular weight excluding hydrogens is 326 g/mol. The lowest BCUT2D eigenvalue weighted by atomic mass is 9.96. The maximum Gasteiger partial charge on any atom is 0.253 e. The van der Waals surface area contributed by atoms with Crippen molar-refractivity contribution >= 4 is 5.91 Å². The van der Waals surface area contributed by atoms with Crippen LogP contribution in [-0.4, -0.2) is 22.2 Å². The number of aryl methyl sites for hydroxylation is 2. The molecule has 1 unspecified atom stereocenters. The van der Waals surface area contributed by atoms with E-state index in [0.717, 1.165) is 23.6 Å². The first-order valence-corrected chi connectivity index (χ1v) is 8.97. The molecule has 0 fully saturated rings. The topological polar surface area (TPSA) is 60.1 Å². The van der Waals surface area contributed by atoms with E-state index < -0.39 is 0 Å². The molecule has 0 spiro atoms. The van der Waals surface area contributed by atoms with Crippen LogP contribution < -0.4 is 5.32 Å². The zero-order valence-electron chi connectivity index (χ0n) is 15.7. The van der Waals surface area contributed by atoms with Crippen LogP contribution in [0.25, 0.3) is 5.82 Å². The van der Waals surface area contributed by atoms with Crippen LogP contribution in [0.15, 0.2) is 47.0 Å². The lowest BCUT2D eigenvalue weighted by Crippen LogP contribution is -2.28. The molecule has 136 valence electrons. The predicted molar refractivity (Wildman–Crippen MR) is 102 cm³/mol. The molecule has 0 aliphatic heterocycles. The van der Waals surface area contributed by atoms with Crippen molar-refractivity contribution in [2.75, 3.05) is 6.54 Å². The molecule has 5 nitrogen and oxygen atoms in total. The number of rotatable bonds is 6. The second kappa shape index (κ2) is 7.60. The van der Waals surface area contributed by atoms with Crippen molar-refractivity contribution in [3.8, 4) is 5.82 Å². The first-order valence-electron chi connectivity index (χ1n) is 8.97. The Kier molecular flexibility index (Phi) is 5.26. The third kappa shape index (κ3) is 3.57. The summed E-state index contributed by atoms with van der Waals surface area (Å²) in [5.74, 6) is 1.69. The molecule has 2 aromatic heterocycles. The van der Waals surface area contributed by atoms with Gasteiger partial charge in [-0.15, -0.1) is 0 Å². The summed E-state index contributed by atoms with van der Waals surface area (Å²) in [6.45, 7) is 8.51. The molecule has 0 aliphatic carbocycles. The molecule has 0 saturated heterocycles. The zero-order valence-corrected chi connectivity index (χ0v) is 15.7. The van der Waals surface area contributed by atoms with E-state index in [1.54, 1.807) is 0 Å². The Bertz CT molecular complexity index is 893. The molecule has 5 heteroatoms. The van der Waals surface area contributed by atoms with Gasteiger partial charge in [-0.2, -0.15) is 0 Å². The molecule has 1 aromatic carbocycles. The maximum absolute atomic E-state index is 12.8. The number of amides is 1. The van der Waals surface area contributed by atoms with E-state index in [1.165, 1.54) is 5.56 Å². The fraction of sp³-hybridized carbons (Fsp3) is 0.333. The van der Waals surface area contributed by atoms with Gasteiger partial charge in [-0.3, -0.25) is 9.36 Å². The number of hydrogen-bond donors (Lipinski definition) is 1. The second-order valence-electron chi connectivity index (χ2n) is 6.64. The molecule has 1 amide bonds. The van der Waals surface area contributed by atoms with Crippen LogP contribution in [0.4, 0.5) is 0 Å². The number of nitrogens with one attached hydrogen (secondary N) is 1. The van der Waals surface area contributed by atoms with Crippen LogP contribution >= 0.6 is 0 Å². The molecule has 26 heavy (non-hydrogen) atoms. The van der Waals surface area contributed by atoms with Crippen molar-refractivity contribution in [1.82, 2.24) is 15.0 Å². The molecular formula is C21H25N3O2. The first kappa shape index (κ1) is 18.0. The minimum absolute atomic E-state index is 0.0565. The first-order chi connectivity index (χ1) is 12.5. The summed E-state index contributed by atoms with van der Waals surface area (Å²) in [5, 5.41) is 7.15. The van der Waals surface area contributed by atoms with Gasteiger partial charge in [0.2, 0.25) is 0 Å². The van der Waals surface area contributed by atoms with Crippen molar-refractivity contribution in [1.29, 1.82) is 0 Å². The third-order valence-corrected chi connectivity index (χ3v) is 4.79. The second-order valence-corrected chi connectivity index (χ2v) is 6.64. The minimum Gasteiger partial charge on any atom is -0.360 e. The number of carbonyl (C=O) groups is 1. The minimum atomic E-state index is -0.0565. The zero-order chi connectivity index (χ0) is 18.7. The van der Waals surface area contributed by atoms with Crippen LogP contribution in [0.1, 0.15) is 52.3 Å². The van der Waals surface area contributed by atoms with E-state index in [0.29, 0.717) is 23.8 Å². The summed E-state index contributed by atoms with van der Waals surface area (Å²) in [6, 6.07) is 14.1. The molecule has 0 aliphatic rings. The Hall–Kier alpha value is -2.82. The summed E-state index contributed by atoms with van der Waals surface area (Å²) in [5.41, 5.74) is 3.74. The summed E-state index contributed by atoms with van der Waals surface area (Å²) in [7, 11) is 0. The highest BCUT2D eigenvalue weighted by Crippen LogP contribution is 2.22. The van der Waals surface area contributed by atoms with E-state index >= 15 is 0 Å². The highest BCUT2D eigenvalue weighted by molar-refractivity contribution is 5.95. The standard InChI is InChI=1S/C21H25N3O2/c1-5-17(18-9-7-6-8-10-18)13-22-21(25)19-11-14(2)24(16(19)4)20-12-15(3)26-23-20/h6-12,17H,5,13H2,1-4H3,(H,22,25). The van der Waals surface area contributed by atoms with Gasteiger partial charge >= 0.3 is 0 Å². The highest BCUT2D eigenvalue weighted by atomic mass is 16.5. The lowest BCUT2D eigenvalue weighted by Gasteiger charge is -2.16. The molecule has 0 bridgehead atoms. The van der Waals surface area contributed by atoms with E-state index in [9.17, 15) is 4.79 Å². The van der Waals surface area contributed by atoms with E-state index in [4.69, 9.17) is 4.52 Å². The van der Waals surface area contributed by atoms with Gasteiger partial charge in [-0.25, -0.2) is 0 Å². The molecule has 0 radical (unpaired) electrons. The fourth-order valence-electron chi connectivity index (χ4n) is 3.34. The summed E-state index contributed by atoms with van der Waals surface area (Å²) in [6.07, 6.45) is 0.974. The average molecular weight is 351 g/mol. The van der Waals surface area contributed by atoms with Crippen molar-refractivity contribution in [3.63, 3.8) is 0 Å². The number of nitrogens with zero attached hydrogens (tertiary/aromatic N) is 2. The lowest BCUT2D eigenvalue weighted by molar-refractivity contribution is 0.0950. The largest absolute Gasteiger partial charge is 0.360 e. The van der Waals surface area contributed by atoms with Gasteiger partial charge in [-0.05, 0) is 38.8 Å². The number of aromatic nitrogens is 2. The normalized spacial score (nSPS) is 12.2. The van der Waals surface area contributed by atoms with E-state index in [-0.39, 0.29) is 5.91 Å². The quantitative estimate of drug-likeness (QED) is 0.720. The van der Waals surface area contributed by atoms with Crippen LogP contribution in [0.3, 0.4) is 0 Å². The highest BCUT2D eigenvalue weighted by Gasteiger charge is 2.19. The number of hydrogen-bond acceptors (Lipinski definition) is 3. The van der Waals surface area contributed by atoms with E-state index in [2.05, 4.69) is 29.5 Å². The third-order valence-electron chi connectivity index (χ3n) is 4.79. The molecule has 2 heterocycles. The van der Waals surface area contributed by atoms with Gasteiger partial charge in [0.05, 0.1) is 5.56 Å². The molecule has 3 aromatic rings. The molecule has 0 saturated carbocycles. The number of benzene rings is 1. The van der Waals surface area contributed by atoms with Crippen LogP contribution in [0.5, 0.6) is 0 Å². The molecule has 1 N–H and O–H groups in total.